The van der Waals surface area contributed by atoms with E-state index in [1.807, 2.05) is 12.1 Å². The molecule has 5 heteroatoms. The van der Waals surface area contributed by atoms with E-state index in [9.17, 15) is 0 Å². The molecule has 12 heavy (non-hydrogen) atoms. The molecule has 1 aromatic carbocycles. The second-order valence-corrected chi connectivity index (χ2v) is 2.61. The Labute approximate surface area is 73.8 Å². The summed E-state index contributed by atoms with van der Waals surface area (Å²) < 4.78 is 1.42. The zero-order valence-electron chi connectivity index (χ0n) is 5.98. The maximum absolute atomic E-state index is 5.77. The van der Waals surface area contributed by atoms with E-state index in [2.05, 4.69) is 21.9 Å². The van der Waals surface area contributed by atoms with Gasteiger partial charge in [0, 0.05) is 5.02 Å². The maximum atomic E-state index is 5.77. The number of rotatable bonds is 1. The minimum Gasteiger partial charge on any atom is -0.190 e. The molecular weight excluding hydrogens is 176 g/mol. The second kappa shape index (κ2) is 2.91. The van der Waals surface area contributed by atoms with Gasteiger partial charge in [-0.2, -0.15) is 4.68 Å². The number of hydrogen-bond acceptors (Lipinski definition) is 3. The summed E-state index contributed by atoms with van der Waals surface area (Å²) in [6, 6.07) is 7.22. The number of tetrazole rings is 1. The van der Waals surface area contributed by atoms with Crippen LogP contribution in [0.25, 0.3) is 5.69 Å². The molecule has 0 saturated carbocycles. The Kier molecular flexibility index (Phi) is 1.75. The van der Waals surface area contributed by atoms with E-state index in [4.69, 9.17) is 11.6 Å². The van der Waals surface area contributed by atoms with Crippen LogP contribution in [-0.2, 0) is 0 Å². The number of aromatic nitrogens is 4. The predicted molar refractivity (Wildman–Crippen MR) is 43.0 cm³/mol. The molecule has 0 N–H and O–H groups in total. The fourth-order valence-electron chi connectivity index (χ4n) is 0.860. The standard InChI is InChI=1S/C7H4ClN4/c8-6-2-1-3-7(4-6)12-5-9-10-11-12/h1-4H. The van der Waals surface area contributed by atoms with Gasteiger partial charge in [0.2, 0.25) is 6.33 Å². The summed E-state index contributed by atoms with van der Waals surface area (Å²) in [6.45, 7) is 0. The lowest BCUT2D eigenvalue weighted by molar-refractivity contribution is 0.787. The van der Waals surface area contributed by atoms with Crippen LogP contribution in [-0.4, -0.2) is 20.2 Å². The molecule has 2 aromatic rings. The molecule has 0 fully saturated rings. The quantitative estimate of drug-likeness (QED) is 0.659. The van der Waals surface area contributed by atoms with E-state index in [0.717, 1.165) is 5.69 Å². The minimum atomic E-state index is 0.649. The van der Waals surface area contributed by atoms with E-state index in [0.29, 0.717) is 5.02 Å². The third-order valence-electron chi connectivity index (χ3n) is 1.37. The number of hydrogen-bond donors (Lipinski definition) is 0. The molecular formula is C7H4ClN4. The Hall–Kier alpha value is -1.42. The Bertz CT molecular complexity index is 371. The SMILES string of the molecule is Clc1cccc(-n2[c]nnn2)c1. The monoisotopic (exact) mass is 179 g/mol. The van der Waals surface area contributed by atoms with Crippen LogP contribution < -0.4 is 0 Å². The minimum absolute atomic E-state index is 0.649. The number of benzene rings is 1. The van der Waals surface area contributed by atoms with Gasteiger partial charge in [-0.05, 0) is 28.6 Å². The summed E-state index contributed by atoms with van der Waals surface area (Å²) in [7, 11) is 0. The van der Waals surface area contributed by atoms with Gasteiger partial charge in [-0.25, -0.2) is 0 Å². The zero-order valence-corrected chi connectivity index (χ0v) is 6.73. The first-order valence-electron chi connectivity index (χ1n) is 3.28. The van der Waals surface area contributed by atoms with Crippen molar-refractivity contribution in [3.8, 4) is 5.69 Å². The highest BCUT2D eigenvalue weighted by Gasteiger charge is 1.97. The molecule has 0 amide bonds. The molecule has 1 aromatic heterocycles. The summed E-state index contributed by atoms with van der Waals surface area (Å²) in [6.07, 6.45) is 2.57. The highest BCUT2D eigenvalue weighted by atomic mass is 35.5. The summed E-state index contributed by atoms with van der Waals surface area (Å²) in [4.78, 5) is 0. The molecule has 0 spiro atoms. The van der Waals surface area contributed by atoms with Crippen molar-refractivity contribution in [2.24, 2.45) is 0 Å². The number of nitrogens with zero attached hydrogens (tertiary/aromatic N) is 4. The second-order valence-electron chi connectivity index (χ2n) is 2.17. The maximum Gasteiger partial charge on any atom is 0.226 e. The Morgan fingerprint density at radius 3 is 3.00 bits per heavy atom. The lowest BCUT2D eigenvalue weighted by Gasteiger charge is -1.96. The molecule has 1 heterocycles. The summed E-state index contributed by atoms with van der Waals surface area (Å²) in [5.74, 6) is 0. The van der Waals surface area contributed by atoms with Crippen LogP contribution in [0.15, 0.2) is 24.3 Å². The molecule has 0 aliphatic rings. The highest BCUT2D eigenvalue weighted by molar-refractivity contribution is 6.30. The third-order valence-corrected chi connectivity index (χ3v) is 1.60. The smallest absolute Gasteiger partial charge is 0.190 e. The van der Waals surface area contributed by atoms with E-state index >= 15 is 0 Å². The summed E-state index contributed by atoms with van der Waals surface area (Å²) in [5.41, 5.74) is 0.799. The number of halogens is 1. The average Bonchev–Trinajstić information content (AvgIpc) is 2.56. The van der Waals surface area contributed by atoms with E-state index in [1.54, 1.807) is 12.1 Å². The van der Waals surface area contributed by atoms with Crippen LogP contribution in [0.4, 0.5) is 0 Å². The van der Waals surface area contributed by atoms with Crippen molar-refractivity contribution < 1.29 is 0 Å². The zero-order chi connectivity index (χ0) is 8.39. The fourth-order valence-corrected chi connectivity index (χ4v) is 1.04. The van der Waals surface area contributed by atoms with Crippen molar-refractivity contribution in [2.75, 3.05) is 0 Å². The molecule has 59 valence electrons. The lowest BCUT2D eigenvalue weighted by atomic mass is 10.3. The molecule has 0 aliphatic carbocycles. The van der Waals surface area contributed by atoms with Gasteiger partial charge in [0.1, 0.15) is 0 Å². The largest absolute Gasteiger partial charge is 0.226 e. The Balaban J connectivity index is 2.48. The van der Waals surface area contributed by atoms with Gasteiger partial charge in [0.05, 0.1) is 5.69 Å². The summed E-state index contributed by atoms with van der Waals surface area (Å²) >= 11 is 5.77. The van der Waals surface area contributed by atoms with E-state index in [-0.39, 0.29) is 0 Å². The summed E-state index contributed by atoms with van der Waals surface area (Å²) in [5, 5.41) is 11.2. The van der Waals surface area contributed by atoms with Gasteiger partial charge < -0.3 is 0 Å². The molecule has 2 rings (SSSR count). The molecule has 0 unspecified atom stereocenters. The molecule has 1 radical (unpaired) electrons. The van der Waals surface area contributed by atoms with Crippen molar-refractivity contribution >= 4 is 11.6 Å². The van der Waals surface area contributed by atoms with Crippen molar-refractivity contribution in [1.82, 2.24) is 20.2 Å². The van der Waals surface area contributed by atoms with Crippen molar-refractivity contribution in [3.05, 3.63) is 35.6 Å². The first-order chi connectivity index (χ1) is 5.86. The topological polar surface area (TPSA) is 43.6 Å². The molecule has 0 saturated heterocycles. The predicted octanol–water partition coefficient (Wildman–Crippen LogP) is 1.12. The van der Waals surface area contributed by atoms with Gasteiger partial charge in [-0.15, -0.1) is 5.10 Å². The van der Waals surface area contributed by atoms with Crippen LogP contribution in [0, 0.1) is 6.33 Å². The van der Waals surface area contributed by atoms with Crippen molar-refractivity contribution in [1.29, 1.82) is 0 Å². The molecule has 4 nitrogen and oxygen atoms in total. The van der Waals surface area contributed by atoms with Crippen LogP contribution in [0.1, 0.15) is 0 Å². The van der Waals surface area contributed by atoms with Crippen LogP contribution >= 0.6 is 11.6 Å². The van der Waals surface area contributed by atoms with Crippen LogP contribution in [0.2, 0.25) is 5.02 Å². The third kappa shape index (κ3) is 1.29. The Morgan fingerprint density at radius 2 is 2.33 bits per heavy atom. The van der Waals surface area contributed by atoms with Crippen LogP contribution in [0.3, 0.4) is 0 Å². The van der Waals surface area contributed by atoms with Gasteiger partial charge in [0.25, 0.3) is 0 Å². The first-order valence-corrected chi connectivity index (χ1v) is 3.66. The van der Waals surface area contributed by atoms with Crippen LogP contribution in [0.5, 0.6) is 0 Å². The molecule has 0 bridgehead atoms. The lowest BCUT2D eigenvalue weighted by Crippen LogP contribution is -1.94. The first kappa shape index (κ1) is 7.24. The van der Waals surface area contributed by atoms with Crippen molar-refractivity contribution in [2.45, 2.75) is 0 Å². The fraction of sp³-hybridized carbons (Fsp3) is 0. The van der Waals surface area contributed by atoms with E-state index < -0.39 is 0 Å². The van der Waals surface area contributed by atoms with Gasteiger partial charge in [-0.3, -0.25) is 0 Å². The average molecular weight is 180 g/mol. The Morgan fingerprint density at radius 1 is 1.42 bits per heavy atom. The van der Waals surface area contributed by atoms with Crippen molar-refractivity contribution in [3.63, 3.8) is 0 Å². The van der Waals surface area contributed by atoms with E-state index in [1.165, 1.54) is 4.68 Å². The molecule has 0 aliphatic heterocycles. The van der Waals surface area contributed by atoms with Gasteiger partial charge >= 0.3 is 0 Å². The molecule has 0 atom stereocenters. The highest BCUT2D eigenvalue weighted by Crippen LogP contribution is 2.12. The van der Waals surface area contributed by atoms with Gasteiger partial charge in [0.15, 0.2) is 0 Å². The normalized spacial score (nSPS) is 10.1. The van der Waals surface area contributed by atoms with Gasteiger partial charge in [-0.1, -0.05) is 17.7 Å².